The first kappa shape index (κ1) is 22.1. The standard InChI is InChI=1S/C26H25ClN2O3/c1-16-6-3-4-8-20(16)25(31)28-19-12-10-18(11-13-19)26(32)29-21-9-5-7-17(2)24(21)22(30)14-15-23(29)27/h3-13,22-23,30H,14-15H2,1-2H3,(H,28,31). The maximum Gasteiger partial charge on any atom is 0.259 e. The van der Waals surface area contributed by atoms with Gasteiger partial charge in [0, 0.05) is 22.4 Å². The average Bonchev–Trinajstić information content (AvgIpc) is 2.91. The molecule has 0 spiro atoms. The third-order valence-electron chi connectivity index (χ3n) is 5.85. The van der Waals surface area contributed by atoms with Crippen molar-refractivity contribution >= 4 is 34.8 Å². The summed E-state index contributed by atoms with van der Waals surface area (Å²) in [5.74, 6) is -0.448. The van der Waals surface area contributed by atoms with Crippen molar-refractivity contribution in [3.63, 3.8) is 0 Å². The lowest BCUT2D eigenvalue weighted by atomic mass is 9.99. The lowest BCUT2D eigenvalue weighted by Crippen LogP contribution is -2.37. The summed E-state index contributed by atoms with van der Waals surface area (Å²) in [6.07, 6.45) is 0.302. The second kappa shape index (κ2) is 9.15. The molecule has 2 N–H and O–H groups in total. The predicted octanol–water partition coefficient (Wildman–Crippen LogP) is 5.59. The molecule has 2 unspecified atom stereocenters. The van der Waals surface area contributed by atoms with Gasteiger partial charge in [-0.2, -0.15) is 0 Å². The molecule has 5 nitrogen and oxygen atoms in total. The number of rotatable bonds is 3. The molecule has 0 aromatic heterocycles. The molecule has 3 aromatic rings. The number of hydrogen-bond donors (Lipinski definition) is 2. The Hall–Kier alpha value is -3.15. The van der Waals surface area contributed by atoms with Crippen LogP contribution in [-0.4, -0.2) is 22.4 Å². The minimum Gasteiger partial charge on any atom is -0.388 e. The molecule has 0 saturated heterocycles. The fraction of sp³-hybridized carbons (Fsp3) is 0.231. The van der Waals surface area contributed by atoms with E-state index in [-0.39, 0.29) is 11.8 Å². The first-order valence-corrected chi connectivity index (χ1v) is 11.0. The first-order chi connectivity index (χ1) is 15.4. The van der Waals surface area contributed by atoms with Crippen LogP contribution in [0.25, 0.3) is 0 Å². The van der Waals surface area contributed by atoms with Crippen molar-refractivity contribution in [1.29, 1.82) is 0 Å². The maximum absolute atomic E-state index is 13.4. The molecule has 1 aliphatic heterocycles. The Bertz CT molecular complexity index is 1160. The predicted molar refractivity (Wildman–Crippen MR) is 127 cm³/mol. The molecular weight excluding hydrogens is 424 g/mol. The van der Waals surface area contributed by atoms with E-state index < -0.39 is 11.6 Å². The van der Waals surface area contributed by atoms with Gasteiger partial charge in [0.2, 0.25) is 0 Å². The molecule has 6 heteroatoms. The normalized spacial score (nSPS) is 17.9. The molecule has 0 aliphatic carbocycles. The smallest absolute Gasteiger partial charge is 0.259 e. The third-order valence-corrected chi connectivity index (χ3v) is 6.26. The van der Waals surface area contributed by atoms with Crippen LogP contribution in [0.3, 0.4) is 0 Å². The Morgan fingerprint density at radius 2 is 1.62 bits per heavy atom. The van der Waals surface area contributed by atoms with Crippen molar-refractivity contribution in [2.75, 3.05) is 10.2 Å². The van der Waals surface area contributed by atoms with E-state index in [1.165, 1.54) is 0 Å². The van der Waals surface area contributed by atoms with Gasteiger partial charge in [0.05, 0.1) is 11.8 Å². The van der Waals surface area contributed by atoms with E-state index in [4.69, 9.17) is 11.6 Å². The van der Waals surface area contributed by atoms with Gasteiger partial charge in [0.1, 0.15) is 5.50 Å². The molecule has 3 aromatic carbocycles. The molecular formula is C26H25ClN2O3. The van der Waals surface area contributed by atoms with E-state index in [9.17, 15) is 14.7 Å². The van der Waals surface area contributed by atoms with Gasteiger partial charge in [0.25, 0.3) is 11.8 Å². The van der Waals surface area contributed by atoms with E-state index >= 15 is 0 Å². The second-order valence-corrected chi connectivity index (χ2v) is 8.56. The van der Waals surface area contributed by atoms with Crippen LogP contribution in [-0.2, 0) is 0 Å². The molecule has 1 aliphatic rings. The van der Waals surface area contributed by atoms with Crippen molar-refractivity contribution in [3.8, 4) is 0 Å². The highest BCUT2D eigenvalue weighted by atomic mass is 35.5. The Kier molecular flexibility index (Phi) is 6.31. The Morgan fingerprint density at radius 1 is 0.938 bits per heavy atom. The van der Waals surface area contributed by atoms with Gasteiger partial charge in [0.15, 0.2) is 0 Å². The summed E-state index contributed by atoms with van der Waals surface area (Å²) in [4.78, 5) is 27.5. The van der Waals surface area contributed by atoms with Crippen LogP contribution in [0.5, 0.6) is 0 Å². The molecule has 0 saturated carbocycles. The van der Waals surface area contributed by atoms with Gasteiger partial charge in [-0.1, -0.05) is 41.9 Å². The minimum absolute atomic E-state index is 0.200. The molecule has 0 fully saturated rings. The van der Waals surface area contributed by atoms with Crippen molar-refractivity contribution < 1.29 is 14.7 Å². The maximum atomic E-state index is 13.4. The topological polar surface area (TPSA) is 69.6 Å². The Labute approximate surface area is 192 Å². The number of aryl methyl sites for hydroxylation is 2. The number of alkyl halides is 1. The van der Waals surface area contributed by atoms with Crippen molar-refractivity contribution in [2.45, 2.75) is 38.3 Å². The number of aliphatic hydroxyl groups is 1. The monoisotopic (exact) mass is 448 g/mol. The van der Waals surface area contributed by atoms with Gasteiger partial charge in [-0.05, 0) is 74.2 Å². The molecule has 32 heavy (non-hydrogen) atoms. The summed E-state index contributed by atoms with van der Waals surface area (Å²) in [5, 5.41) is 13.5. The number of aliphatic hydroxyl groups excluding tert-OH is 1. The summed E-state index contributed by atoms with van der Waals surface area (Å²) in [6, 6.07) is 19.7. The number of hydrogen-bond acceptors (Lipinski definition) is 3. The van der Waals surface area contributed by atoms with Crippen LogP contribution in [0, 0.1) is 13.8 Å². The van der Waals surface area contributed by atoms with E-state index in [1.54, 1.807) is 35.2 Å². The van der Waals surface area contributed by atoms with Crippen LogP contribution >= 0.6 is 11.6 Å². The number of benzene rings is 3. The number of anilines is 2. The quantitative estimate of drug-likeness (QED) is 0.405. The molecule has 0 bridgehead atoms. The summed E-state index contributed by atoms with van der Waals surface area (Å²) >= 11 is 6.60. The lowest BCUT2D eigenvalue weighted by Gasteiger charge is -2.28. The number of nitrogens with one attached hydrogen (secondary N) is 1. The number of carbonyl (C=O) groups is 2. The van der Waals surface area contributed by atoms with Crippen molar-refractivity contribution in [1.82, 2.24) is 0 Å². The highest BCUT2D eigenvalue weighted by molar-refractivity contribution is 6.26. The minimum atomic E-state index is -0.663. The van der Waals surface area contributed by atoms with Gasteiger partial charge in [-0.3, -0.25) is 14.5 Å². The zero-order valence-electron chi connectivity index (χ0n) is 18.0. The third kappa shape index (κ3) is 4.27. The van der Waals surface area contributed by atoms with E-state index in [1.807, 2.05) is 50.2 Å². The van der Waals surface area contributed by atoms with Crippen LogP contribution in [0.1, 0.15) is 56.4 Å². The van der Waals surface area contributed by atoms with Gasteiger partial charge in [-0.15, -0.1) is 0 Å². The molecule has 0 radical (unpaired) electrons. The number of amides is 2. The molecule has 164 valence electrons. The van der Waals surface area contributed by atoms with Crippen LogP contribution in [0.4, 0.5) is 11.4 Å². The van der Waals surface area contributed by atoms with E-state index in [2.05, 4.69) is 5.32 Å². The van der Waals surface area contributed by atoms with Crippen LogP contribution in [0.2, 0.25) is 0 Å². The SMILES string of the molecule is Cc1ccccc1C(=O)Nc1ccc(C(=O)N2c3cccc(C)c3C(O)CCC2Cl)cc1. The lowest BCUT2D eigenvalue weighted by molar-refractivity contribution is 0.0982. The summed E-state index contributed by atoms with van der Waals surface area (Å²) in [5.41, 5.74) is 4.28. The second-order valence-electron chi connectivity index (χ2n) is 8.06. The molecule has 1 heterocycles. The number of fused-ring (bicyclic) bond motifs is 1. The average molecular weight is 449 g/mol. The fourth-order valence-corrected chi connectivity index (χ4v) is 4.45. The Balaban J connectivity index is 1.59. The fourth-order valence-electron chi connectivity index (χ4n) is 4.13. The molecule has 2 amide bonds. The first-order valence-electron chi connectivity index (χ1n) is 10.6. The zero-order valence-corrected chi connectivity index (χ0v) is 18.8. The molecule has 4 rings (SSSR count). The van der Waals surface area contributed by atoms with E-state index in [0.29, 0.717) is 35.3 Å². The van der Waals surface area contributed by atoms with Gasteiger partial charge >= 0.3 is 0 Å². The number of nitrogens with zero attached hydrogens (tertiary/aromatic N) is 1. The zero-order chi connectivity index (χ0) is 22.8. The van der Waals surface area contributed by atoms with Crippen LogP contribution in [0.15, 0.2) is 66.7 Å². The molecule has 2 atom stereocenters. The summed E-state index contributed by atoms with van der Waals surface area (Å²) < 4.78 is 0. The largest absolute Gasteiger partial charge is 0.388 e. The van der Waals surface area contributed by atoms with Crippen molar-refractivity contribution in [2.24, 2.45) is 0 Å². The number of halogens is 1. The highest BCUT2D eigenvalue weighted by Gasteiger charge is 2.32. The summed E-state index contributed by atoms with van der Waals surface area (Å²) in [7, 11) is 0. The van der Waals surface area contributed by atoms with Gasteiger partial charge < -0.3 is 10.4 Å². The number of carbonyl (C=O) groups excluding carboxylic acids is 2. The van der Waals surface area contributed by atoms with Crippen molar-refractivity contribution in [3.05, 3.63) is 94.5 Å². The summed E-state index contributed by atoms with van der Waals surface area (Å²) in [6.45, 7) is 3.81. The van der Waals surface area contributed by atoms with E-state index in [0.717, 1.165) is 16.7 Å². The van der Waals surface area contributed by atoms with Gasteiger partial charge in [-0.25, -0.2) is 0 Å². The van der Waals surface area contributed by atoms with Crippen LogP contribution < -0.4 is 10.2 Å². The Morgan fingerprint density at radius 3 is 2.34 bits per heavy atom. The highest BCUT2D eigenvalue weighted by Crippen LogP contribution is 2.39.